The zero-order valence-electron chi connectivity index (χ0n) is 19.1. The van der Waals surface area contributed by atoms with E-state index in [1.807, 2.05) is 0 Å². The van der Waals surface area contributed by atoms with E-state index in [-0.39, 0.29) is 57.9 Å². The van der Waals surface area contributed by atoms with Crippen molar-refractivity contribution in [3.05, 3.63) is 12.7 Å². The number of aliphatic hydroxyl groups excluding tert-OH is 3. The summed E-state index contributed by atoms with van der Waals surface area (Å²) in [5, 5.41) is 28.0. The summed E-state index contributed by atoms with van der Waals surface area (Å²) in [6.07, 6.45) is 2.73. The molecule has 0 fully saturated rings. The molecule has 3 atom stereocenters. The van der Waals surface area contributed by atoms with Crippen LogP contribution in [0.4, 0.5) is 0 Å². The van der Waals surface area contributed by atoms with Crippen LogP contribution in [0, 0.1) is 5.92 Å². The van der Waals surface area contributed by atoms with Crippen LogP contribution in [0.15, 0.2) is 12.7 Å². The molecule has 0 radical (unpaired) electrons. The van der Waals surface area contributed by atoms with E-state index in [4.69, 9.17) is 28.8 Å². The topological polar surface area (TPSA) is 141 Å². The Balaban J connectivity index is 3.86. The molecule has 0 rings (SSSR count). The molecule has 0 saturated carbocycles. The van der Waals surface area contributed by atoms with Crippen LogP contribution in [0.1, 0.15) is 38.5 Å². The van der Waals surface area contributed by atoms with Crippen molar-refractivity contribution in [2.75, 3.05) is 60.0 Å². The fourth-order valence-electron chi connectivity index (χ4n) is 2.60. The fourth-order valence-corrected chi connectivity index (χ4v) is 2.60. The van der Waals surface area contributed by atoms with Crippen LogP contribution in [0.2, 0.25) is 0 Å². The third-order valence-corrected chi connectivity index (χ3v) is 4.41. The zero-order chi connectivity index (χ0) is 24.0. The van der Waals surface area contributed by atoms with E-state index in [0.29, 0.717) is 45.3 Å². The lowest BCUT2D eigenvalue weighted by Gasteiger charge is -2.18. The number of ether oxygens (including phenoxy) is 5. The van der Waals surface area contributed by atoms with Crippen molar-refractivity contribution in [1.82, 2.24) is 0 Å². The summed E-state index contributed by atoms with van der Waals surface area (Å²) in [5.41, 5.74) is 0. The average molecular weight is 465 g/mol. The summed E-state index contributed by atoms with van der Waals surface area (Å²) in [7, 11) is 1.55. The molecule has 0 heterocycles. The highest BCUT2D eigenvalue weighted by Crippen LogP contribution is 2.14. The van der Waals surface area contributed by atoms with Gasteiger partial charge in [-0.2, -0.15) is 0 Å². The van der Waals surface area contributed by atoms with Gasteiger partial charge in [-0.3, -0.25) is 9.59 Å². The summed E-state index contributed by atoms with van der Waals surface area (Å²) in [4.78, 5) is 23.8. The maximum absolute atomic E-state index is 12.0. The second kappa shape index (κ2) is 21.3. The zero-order valence-corrected chi connectivity index (χ0v) is 19.1. The summed E-state index contributed by atoms with van der Waals surface area (Å²) in [6.45, 7) is 4.22. The molecular formula is C22H40O10. The SMILES string of the molecule is C=CCC(CCCO)C(=O)OCCCCC(=O)OCC(O)COC(CO)COCCOC. The van der Waals surface area contributed by atoms with Gasteiger partial charge in [0.15, 0.2) is 0 Å². The van der Waals surface area contributed by atoms with Crippen molar-refractivity contribution in [3.8, 4) is 0 Å². The van der Waals surface area contributed by atoms with Gasteiger partial charge in [0.1, 0.15) is 18.8 Å². The highest BCUT2D eigenvalue weighted by molar-refractivity contribution is 5.72. The molecular weight excluding hydrogens is 424 g/mol. The Kier molecular flexibility index (Phi) is 20.3. The van der Waals surface area contributed by atoms with E-state index < -0.39 is 18.2 Å². The minimum absolute atomic E-state index is 0.0230. The van der Waals surface area contributed by atoms with E-state index in [1.54, 1.807) is 13.2 Å². The summed E-state index contributed by atoms with van der Waals surface area (Å²) >= 11 is 0. The van der Waals surface area contributed by atoms with Gasteiger partial charge < -0.3 is 39.0 Å². The first-order chi connectivity index (χ1) is 15.5. The number of carbonyl (C=O) groups is 2. The summed E-state index contributed by atoms with van der Waals surface area (Å²) in [6, 6.07) is 0. The molecule has 0 aromatic carbocycles. The molecule has 10 heteroatoms. The van der Waals surface area contributed by atoms with Crippen molar-refractivity contribution in [2.45, 2.75) is 50.7 Å². The number of aliphatic hydroxyl groups is 3. The number of rotatable bonds is 22. The monoisotopic (exact) mass is 464 g/mol. The van der Waals surface area contributed by atoms with Gasteiger partial charge in [-0.15, -0.1) is 6.58 Å². The molecule has 3 N–H and O–H groups in total. The Labute approximate surface area is 190 Å². The van der Waals surface area contributed by atoms with Crippen molar-refractivity contribution < 1.29 is 48.6 Å². The first-order valence-electron chi connectivity index (χ1n) is 11.0. The predicted molar refractivity (Wildman–Crippen MR) is 116 cm³/mol. The summed E-state index contributed by atoms with van der Waals surface area (Å²) < 4.78 is 25.7. The molecule has 0 aliphatic carbocycles. The van der Waals surface area contributed by atoms with E-state index in [9.17, 15) is 19.8 Å². The molecule has 0 aliphatic heterocycles. The lowest BCUT2D eigenvalue weighted by molar-refractivity contribution is -0.149. The first kappa shape index (κ1) is 30.4. The molecule has 0 spiro atoms. The average Bonchev–Trinajstić information content (AvgIpc) is 2.79. The molecule has 188 valence electrons. The predicted octanol–water partition coefficient (Wildman–Crippen LogP) is 0.609. The van der Waals surface area contributed by atoms with Gasteiger partial charge in [0.2, 0.25) is 0 Å². The van der Waals surface area contributed by atoms with Gasteiger partial charge in [0.05, 0.1) is 45.6 Å². The van der Waals surface area contributed by atoms with Crippen molar-refractivity contribution in [3.63, 3.8) is 0 Å². The van der Waals surface area contributed by atoms with Crippen LogP contribution in [0.5, 0.6) is 0 Å². The molecule has 0 aromatic heterocycles. The molecule has 0 bridgehead atoms. The van der Waals surface area contributed by atoms with Crippen molar-refractivity contribution in [2.24, 2.45) is 5.92 Å². The van der Waals surface area contributed by atoms with Crippen LogP contribution in [0.3, 0.4) is 0 Å². The van der Waals surface area contributed by atoms with Crippen molar-refractivity contribution >= 4 is 11.9 Å². The third-order valence-electron chi connectivity index (χ3n) is 4.41. The van der Waals surface area contributed by atoms with Crippen LogP contribution in [-0.4, -0.2) is 99.4 Å². The Morgan fingerprint density at radius 2 is 1.78 bits per heavy atom. The smallest absolute Gasteiger partial charge is 0.309 e. The van der Waals surface area contributed by atoms with E-state index in [1.165, 1.54) is 0 Å². The van der Waals surface area contributed by atoms with Crippen LogP contribution < -0.4 is 0 Å². The Morgan fingerprint density at radius 3 is 2.44 bits per heavy atom. The van der Waals surface area contributed by atoms with Crippen LogP contribution >= 0.6 is 0 Å². The Hall–Kier alpha value is -1.56. The second-order valence-electron chi connectivity index (χ2n) is 7.25. The number of esters is 2. The number of carbonyl (C=O) groups excluding carboxylic acids is 2. The maximum Gasteiger partial charge on any atom is 0.309 e. The Bertz CT molecular complexity index is 485. The van der Waals surface area contributed by atoms with Gasteiger partial charge in [0, 0.05) is 20.1 Å². The van der Waals surface area contributed by atoms with E-state index >= 15 is 0 Å². The van der Waals surface area contributed by atoms with Crippen molar-refractivity contribution in [1.29, 1.82) is 0 Å². The molecule has 0 aromatic rings. The number of hydrogen-bond donors (Lipinski definition) is 3. The highest BCUT2D eigenvalue weighted by Gasteiger charge is 2.18. The quantitative estimate of drug-likeness (QED) is 0.119. The Morgan fingerprint density at radius 1 is 1.00 bits per heavy atom. The molecule has 3 unspecified atom stereocenters. The van der Waals surface area contributed by atoms with Gasteiger partial charge in [0.25, 0.3) is 0 Å². The van der Waals surface area contributed by atoms with Gasteiger partial charge in [-0.25, -0.2) is 0 Å². The highest BCUT2D eigenvalue weighted by atomic mass is 16.6. The van der Waals surface area contributed by atoms with E-state index in [2.05, 4.69) is 6.58 Å². The molecule has 0 amide bonds. The fraction of sp³-hybridized carbons (Fsp3) is 0.818. The molecule has 32 heavy (non-hydrogen) atoms. The summed E-state index contributed by atoms with van der Waals surface area (Å²) in [5.74, 6) is -1.10. The van der Waals surface area contributed by atoms with Gasteiger partial charge >= 0.3 is 11.9 Å². The lowest BCUT2D eigenvalue weighted by atomic mass is 10.00. The minimum atomic E-state index is -1.02. The van der Waals surface area contributed by atoms with Crippen LogP contribution in [-0.2, 0) is 33.3 Å². The van der Waals surface area contributed by atoms with Gasteiger partial charge in [-0.1, -0.05) is 6.08 Å². The van der Waals surface area contributed by atoms with Gasteiger partial charge in [-0.05, 0) is 32.1 Å². The minimum Gasteiger partial charge on any atom is -0.465 e. The number of methoxy groups -OCH3 is 1. The second-order valence-corrected chi connectivity index (χ2v) is 7.25. The van der Waals surface area contributed by atoms with E-state index in [0.717, 1.165) is 0 Å². The number of allylic oxidation sites excluding steroid dienone is 1. The third kappa shape index (κ3) is 17.0. The largest absolute Gasteiger partial charge is 0.465 e. The normalized spacial score (nSPS) is 13.9. The molecule has 0 aliphatic rings. The first-order valence-corrected chi connectivity index (χ1v) is 11.0. The standard InChI is InChI=1S/C22H40O10/c1-3-7-18(8-6-10-23)22(27)30-11-5-4-9-21(26)32-16-19(25)15-31-20(14-24)17-29-13-12-28-2/h3,18-20,23-25H,1,4-17H2,2H3. The molecule has 10 nitrogen and oxygen atoms in total. The molecule has 0 saturated heterocycles. The maximum atomic E-state index is 12.0. The number of hydrogen-bond acceptors (Lipinski definition) is 10. The number of unbranched alkanes of at least 4 members (excludes halogenated alkanes) is 1. The van der Waals surface area contributed by atoms with Crippen LogP contribution in [0.25, 0.3) is 0 Å². The lowest BCUT2D eigenvalue weighted by Crippen LogP contribution is -2.31.